The van der Waals surface area contributed by atoms with Crippen molar-refractivity contribution in [2.45, 2.75) is 13.0 Å². The molecule has 1 unspecified atom stereocenters. The maximum absolute atomic E-state index is 5.01. The number of rotatable bonds is 2. The zero-order valence-corrected chi connectivity index (χ0v) is 7.63. The molecule has 0 aliphatic rings. The molecule has 4 nitrogen and oxygen atoms in total. The number of aryl methyl sites for hydroxylation is 1. The SMILES string of the molecule is COC(C)c1ncn(C)n1.Cl. The highest BCUT2D eigenvalue weighted by atomic mass is 35.5. The van der Waals surface area contributed by atoms with Gasteiger partial charge in [0.1, 0.15) is 12.4 Å². The Morgan fingerprint density at radius 3 is 2.64 bits per heavy atom. The van der Waals surface area contributed by atoms with Gasteiger partial charge in [-0.2, -0.15) is 5.10 Å². The summed E-state index contributed by atoms with van der Waals surface area (Å²) in [4.78, 5) is 4.01. The van der Waals surface area contributed by atoms with Gasteiger partial charge in [-0.25, -0.2) is 4.98 Å². The van der Waals surface area contributed by atoms with E-state index < -0.39 is 0 Å². The molecule has 0 aliphatic heterocycles. The third-order valence-corrected chi connectivity index (χ3v) is 1.33. The number of ether oxygens (including phenoxy) is 1. The molecule has 1 aromatic heterocycles. The largest absolute Gasteiger partial charge is 0.374 e. The fraction of sp³-hybridized carbons (Fsp3) is 0.667. The minimum Gasteiger partial charge on any atom is -0.374 e. The fourth-order valence-electron chi connectivity index (χ4n) is 0.648. The molecule has 0 spiro atoms. The molecule has 0 fully saturated rings. The van der Waals surface area contributed by atoms with Crippen molar-refractivity contribution in [2.24, 2.45) is 7.05 Å². The summed E-state index contributed by atoms with van der Waals surface area (Å²) >= 11 is 0. The van der Waals surface area contributed by atoms with Crippen LogP contribution in [0.3, 0.4) is 0 Å². The van der Waals surface area contributed by atoms with Crippen molar-refractivity contribution in [3.8, 4) is 0 Å². The predicted octanol–water partition coefficient (Wildman–Crippen LogP) is 0.944. The average molecular weight is 178 g/mol. The summed E-state index contributed by atoms with van der Waals surface area (Å²) in [5, 5.41) is 4.06. The highest BCUT2D eigenvalue weighted by molar-refractivity contribution is 5.85. The minimum atomic E-state index is -0.0128. The molecule has 1 rings (SSSR count). The van der Waals surface area contributed by atoms with Crippen LogP contribution >= 0.6 is 12.4 Å². The van der Waals surface area contributed by atoms with Crippen LogP contribution in [0.4, 0.5) is 0 Å². The predicted molar refractivity (Wildman–Crippen MR) is 43.7 cm³/mol. The lowest BCUT2D eigenvalue weighted by molar-refractivity contribution is 0.112. The van der Waals surface area contributed by atoms with E-state index in [9.17, 15) is 0 Å². The van der Waals surface area contributed by atoms with Gasteiger partial charge < -0.3 is 4.74 Å². The molecular formula is C6H12ClN3O. The van der Waals surface area contributed by atoms with Crippen LogP contribution in [0.15, 0.2) is 6.33 Å². The van der Waals surface area contributed by atoms with Crippen LogP contribution < -0.4 is 0 Å². The van der Waals surface area contributed by atoms with E-state index >= 15 is 0 Å². The zero-order chi connectivity index (χ0) is 7.56. The molecule has 0 saturated carbocycles. The summed E-state index contributed by atoms with van der Waals surface area (Å²) < 4.78 is 6.67. The summed E-state index contributed by atoms with van der Waals surface area (Å²) in [6.45, 7) is 1.91. The zero-order valence-electron chi connectivity index (χ0n) is 6.81. The maximum Gasteiger partial charge on any atom is 0.179 e. The molecule has 0 saturated heterocycles. The molecule has 64 valence electrons. The molecule has 0 amide bonds. The third kappa shape index (κ3) is 2.48. The van der Waals surface area contributed by atoms with Crippen molar-refractivity contribution in [3.05, 3.63) is 12.2 Å². The number of halogens is 1. The van der Waals surface area contributed by atoms with E-state index in [0.29, 0.717) is 0 Å². The number of methoxy groups -OCH3 is 1. The third-order valence-electron chi connectivity index (χ3n) is 1.33. The van der Waals surface area contributed by atoms with E-state index in [4.69, 9.17) is 4.74 Å². The van der Waals surface area contributed by atoms with Crippen molar-refractivity contribution in [1.82, 2.24) is 14.8 Å². The van der Waals surface area contributed by atoms with Crippen LogP contribution in [0.5, 0.6) is 0 Å². The first-order valence-electron chi connectivity index (χ1n) is 3.12. The summed E-state index contributed by atoms with van der Waals surface area (Å²) in [5.74, 6) is 0.727. The van der Waals surface area contributed by atoms with E-state index in [2.05, 4.69) is 10.1 Å². The van der Waals surface area contributed by atoms with Crippen LogP contribution in [-0.4, -0.2) is 21.9 Å². The molecule has 1 aromatic rings. The van der Waals surface area contributed by atoms with E-state index in [1.807, 2.05) is 14.0 Å². The molecule has 0 aliphatic carbocycles. The first-order chi connectivity index (χ1) is 4.74. The van der Waals surface area contributed by atoms with Crippen LogP contribution in [0, 0.1) is 0 Å². The smallest absolute Gasteiger partial charge is 0.179 e. The van der Waals surface area contributed by atoms with Crippen molar-refractivity contribution in [1.29, 1.82) is 0 Å². The highest BCUT2D eigenvalue weighted by Gasteiger charge is 2.06. The topological polar surface area (TPSA) is 39.9 Å². The summed E-state index contributed by atoms with van der Waals surface area (Å²) in [7, 11) is 3.47. The first kappa shape index (κ1) is 10.4. The van der Waals surface area contributed by atoms with Crippen LogP contribution in [0.25, 0.3) is 0 Å². The lowest BCUT2D eigenvalue weighted by Gasteiger charge is -2.01. The summed E-state index contributed by atoms with van der Waals surface area (Å²) in [5.41, 5.74) is 0. The average Bonchev–Trinajstić information content (AvgIpc) is 2.34. The Kier molecular flexibility index (Phi) is 4.07. The van der Waals surface area contributed by atoms with Crippen molar-refractivity contribution in [3.63, 3.8) is 0 Å². The van der Waals surface area contributed by atoms with Crippen LogP contribution in [-0.2, 0) is 11.8 Å². The van der Waals surface area contributed by atoms with Gasteiger partial charge in [0.2, 0.25) is 0 Å². The molecule has 1 heterocycles. The summed E-state index contributed by atoms with van der Waals surface area (Å²) in [6, 6.07) is 0. The number of nitrogens with zero attached hydrogens (tertiary/aromatic N) is 3. The molecule has 0 bridgehead atoms. The van der Waals surface area contributed by atoms with Gasteiger partial charge in [0.15, 0.2) is 5.82 Å². The minimum absolute atomic E-state index is 0. The molecule has 0 aromatic carbocycles. The van der Waals surface area contributed by atoms with Gasteiger partial charge >= 0.3 is 0 Å². The quantitative estimate of drug-likeness (QED) is 0.675. The molecule has 0 N–H and O–H groups in total. The molecule has 11 heavy (non-hydrogen) atoms. The van der Waals surface area contributed by atoms with Gasteiger partial charge in [0.25, 0.3) is 0 Å². The number of hydrogen-bond acceptors (Lipinski definition) is 3. The lowest BCUT2D eigenvalue weighted by Crippen LogP contribution is -1.99. The number of hydrogen-bond donors (Lipinski definition) is 0. The second-order valence-electron chi connectivity index (χ2n) is 2.15. The van der Waals surface area contributed by atoms with Crippen molar-refractivity contribution < 1.29 is 4.74 Å². The Balaban J connectivity index is 0.000001000. The monoisotopic (exact) mass is 177 g/mol. The Morgan fingerprint density at radius 1 is 1.64 bits per heavy atom. The van der Waals surface area contributed by atoms with E-state index in [0.717, 1.165) is 5.82 Å². The Labute approximate surface area is 72.0 Å². The van der Waals surface area contributed by atoms with E-state index in [1.54, 1.807) is 18.1 Å². The van der Waals surface area contributed by atoms with E-state index in [-0.39, 0.29) is 18.5 Å². The second-order valence-corrected chi connectivity index (χ2v) is 2.15. The Bertz CT molecular complexity index is 213. The summed E-state index contributed by atoms with van der Waals surface area (Å²) in [6.07, 6.45) is 1.64. The number of aromatic nitrogens is 3. The maximum atomic E-state index is 5.01. The Hall–Kier alpha value is -0.610. The first-order valence-corrected chi connectivity index (χ1v) is 3.12. The van der Waals surface area contributed by atoms with Crippen LogP contribution in [0.1, 0.15) is 18.9 Å². The highest BCUT2D eigenvalue weighted by Crippen LogP contribution is 2.07. The van der Waals surface area contributed by atoms with Crippen molar-refractivity contribution >= 4 is 12.4 Å². The molecule has 1 atom stereocenters. The Morgan fingerprint density at radius 2 is 2.27 bits per heavy atom. The van der Waals surface area contributed by atoms with Crippen molar-refractivity contribution in [2.75, 3.05) is 7.11 Å². The van der Waals surface area contributed by atoms with Gasteiger partial charge in [-0.3, -0.25) is 4.68 Å². The van der Waals surface area contributed by atoms with Gasteiger partial charge in [0, 0.05) is 14.2 Å². The molecular weight excluding hydrogens is 166 g/mol. The van der Waals surface area contributed by atoms with Gasteiger partial charge in [-0.15, -0.1) is 12.4 Å². The van der Waals surface area contributed by atoms with E-state index in [1.165, 1.54) is 0 Å². The molecule has 0 radical (unpaired) electrons. The fourth-order valence-corrected chi connectivity index (χ4v) is 0.648. The standard InChI is InChI=1S/C6H11N3O.ClH/c1-5(10-3)6-7-4-9(2)8-6;/h4-5H,1-3H3;1H. The molecule has 5 heteroatoms. The lowest BCUT2D eigenvalue weighted by atomic mass is 10.4. The normalized spacial score (nSPS) is 12.3. The van der Waals surface area contributed by atoms with Gasteiger partial charge in [-0.1, -0.05) is 0 Å². The van der Waals surface area contributed by atoms with Crippen LogP contribution in [0.2, 0.25) is 0 Å². The van der Waals surface area contributed by atoms with Gasteiger partial charge in [0.05, 0.1) is 0 Å². The second kappa shape index (κ2) is 4.31. The van der Waals surface area contributed by atoms with Gasteiger partial charge in [-0.05, 0) is 6.92 Å².